The first kappa shape index (κ1) is 28.9. The standard InChI is InChI=1S/C37H41NO2Si/c1-4-41(5-2,6-3)40-29-30(34-26-27-38-36-25-17-16-24-35(34)36)28-39-37(31-18-10-7-11-19-31,32-20-12-8-13-21-32)33-22-14-9-15-23-33/h7-27,30H,4-6,28-29H2,1-3H3/t30-/m0/s1. The number of ether oxygens (including phenoxy) is 1. The molecule has 0 fully saturated rings. The normalized spacial score (nSPS) is 12.9. The zero-order chi connectivity index (χ0) is 28.5. The van der Waals surface area contributed by atoms with Crippen LogP contribution in [0.1, 0.15) is 48.9 Å². The molecule has 1 aromatic heterocycles. The van der Waals surface area contributed by atoms with Crippen LogP contribution in [-0.2, 0) is 14.8 Å². The Balaban J connectivity index is 1.62. The van der Waals surface area contributed by atoms with Crippen molar-refractivity contribution in [3.8, 4) is 0 Å². The highest BCUT2D eigenvalue weighted by atomic mass is 28.4. The first-order valence-corrected chi connectivity index (χ1v) is 17.5. The average molecular weight is 560 g/mol. The molecular formula is C37H41NO2Si. The van der Waals surface area contributed by atoms with E-state index in [1.54, 1.807) is 0 Å². The van der Waals surface area contributed by atoms with E-state index < -0.39 is 13.9 Å². The Morgan fingerprint density at radius 3 is 1.61 bits per heavy atom. The molecule has 0 saturated heterocycles. The molecule has 4 aromatic carbocycles. The number of pyridine rings is 1. The van der Waals surface area contributed by atoms with Gasteiger partial charge in [0.1, 0.15) is 5.60 Å². The Morgan fingerprint density at radius 1 is 0.610 bits per heavy atom. The predicted octanol–water partition coefficient (Wildman–Crippen LogP) is 9.35. The lowest BCUT2D eigenvalue weighted by Crippen LogP contribution is -2.39. The van der Waals surface area contributed by atoms with Crippen molar-refractivity contribution in [3.05, 3.63) is 150 Å². The van der Waals surface area contributed by atoms with Crippen LogP contribution in [-0.4, -0.2) is 26.5 Å². The van der Waals surface area contributed by atoms with Gasteiger partial charge in [-0.05, 0) is 52.5 Å². The summed E-state index contributed by atoms with van der Waals surface area (Å²) in [6.45, 7) is 7.99. The van der Waals surface area contributed by atoms with Gasteiger partial charge in [-0.1, -0.05) is 130 Å². The summed E-state index contributed by atoms with van der Waals surface area (Å²) in [6, 6.07) is 45.8. The van der Waals surface area contributed by atoms with Crippen LogP contribution in [0.4, 0.5) is 0 Å². The molecule has 0 radical (unpaired) electrons. The van der Waals surface area contributed by atoms with Gasteiger partial charge >= 0.3 is 0 Å². The van der Waals surface area contributed by atoms with Gasteiger partial charge in [-0.15, -0.1) is 0 Å². The summed E-state index contributed by atoms with van der Waals surface area (Å²) >= 11 is 0. The average Bonchev–Trinajstić information content (AvgIpc) is 3.06. The van der Waals surface area contributed by atoms with E-state index in [-0.39, 0.29) is 5.92 Å². The molecule has 0 aliphatic carbocycles. The number of nitrogens with zero attached hydrogens (tertiary/aromatic N) is 1. The molecule has 4 heteroatoms. The molecule has 0 N–H and O–H groups in total. The third-order valence-corrected chi connectivity index (χ3v) is 13.3. The zero-order valence-corrected chi connectivity index (χ0v) is 25.5. The van der Waals surface area contributed by atoms with E-state index in [0.717, 1.165) is 45.7 Å². The second kappa shape index (κ2) is 13.4. The van der Waals surface area contributed by atoms with Gasteiger partial charge in [0, 0.05) is 24.1 Å². The highest BCUT2D eigenvalue weighted by molar-refractivity contribution is 6.73. The molecular weight excluding hydrogens is 518 g/mol. The van der Waals surface area contributed by atoms with Gasteiger partial charge in [0.25, 0.3) is 0 Å². The van der Waals surface area contributed by atoms with E-state index in [1.165, 1.54) is 5.56 Å². The molecule has 41 heavy (non-hydrogen) atoms. The molecule has 0 aliphatic heterocycles. The van der Waals surface area contributed by atoms with E-state index in [1.807, 2.05) is 6.20 Å². The predicted molar refractivity (Wildman–Crippen MR) is 173 cm³/mol. The minimum Gasteiger partial charge on any atom is -0.416 e. The summed E-state index contributed by atoms with van der Waals surface area (Å²) in [5.41, 5.74) is 4.77. The maximum Gasteiger partial charge on any atom is 0.192 e. The summed E-state index contributed by atoms with van der Waals surface area (Å²) in [5.74, 6) is 0.0370. The number of benzene rings is 4. The van der Waals surface area contributed by atoms with Crippen LogP contribution in [0.15, 0.2) is 128 Å². The van der Waals surface area contributed by atoms with E-state index in [4.69, 9.17) is 9.16 Å². The first-order valence-electron chi connectivity index (χ1n) is 14.9. The largest absolute Gasteiger partial charge is 0.416 e. The van der Waals surface area contributed by atoms with Crippen molar-refractivity contribution in [1.29, 1.82) is 0 Å². The lowest BCUT2D eigenvalue weighted by molar-refractivity contribution is -0.00216. The molecule has 0 aliphatic rings. The Hall–Kier alpha value is -3.57. The minimum absolute atomic E-state index is 0.0370. The molecule has 1 atom stereocenters. The van der Waals surface area contributed by atoms with Gasteiger partial charge in [-0.25, -0.2) is 0 Å². The summed E-state index contributed by atoms with van der Waals surface area (Å²) in [7, 11) is -1.82. The molecule has 3 nitrogen and oxygen atoms in total. The van der Waals surface area contributed by atoms with E-state index in [9.17, 15) is 0 Å². The highest BCUT2D eigenvalue weighted by Crippen LogP contribution is 2.42. The van der Waals surface area contributed by atoms with Crippen LogP contribution in [0.3, 0.4) is 0 Å². The van der Waals surface area contributed by atoms with Crippen molar-refractivity contribution in [2.45, 2.75) is 50.4 Å². The Labute approximate surface area is 246 Å². The second-order valence-corrected chi connectivity index (χ2v) is 15.5. The summed E-state index contributed by atoms with van der Waals surface area (Å²) in [4.78, 5) is 4.66. The summed E-state index contributed by atoms with van der Waals surface area (Å²) < 4.78 is 14.3. The van der Waals surface area contributed by atoms with Crippen molar-refractivity contribution in [2.75, 3.05) is 13.2 Å². The van der Waals surface area contributed by atoms with Crippen LogP contribution in [0.5, 0.6) is 0 Å². The quantitative estimate of drug-likeness (QED) is 0.106. The van der Waals surface area contributed by atoms with Crippen LogP contribution in [0, 0.1) is 0 Å². The molecule has 0 spiro atoms. The molecule has 5 aromatic rings. The van der Waals surface area contributed by atoms with Crippen LogP contribution >= 0.6 is 0 Å². The van der Waals surface area contributed by atoms with Crippen LogP contribution < -0.4 is 0 Å². The maximum absolute atomic E-state index is 7.33. The zero-order valence-electron chi connectivity index (χ0n) is 24.5. The second-order valence-electron chi connectivity index (χ2n) is 10.8. The third kappa shape index (κ3) is 6.06. The number of hydrogen-bond acceptors (Lipinski definition) is 3. The van der Waals surface area contributed by atoms with Gasteiger partial charge < -0.3 is 9.16 Å². The van der Waals surface area contributed by atoms with Crippen molar-refractivity contribution in [2.24, 2.45) is 0 Å². The number of rotatable bonds is 13. The van der Waals surface area contributed by atoms with Crippen molar-refractivity contribution < 1.29 is 9.16 Å². The fourth-order valence-corrected chi connectivity index (χ4v) is 8.70. The smallest absolute Gasteiger partial charge is 0.192 e. The molecule has 0 amide bonds. The summed E-state index contributed by atoms with van der Waals surface area (Å²) in [6.07, 6.45) is 1.92. The number of fused-ring (bicyclic) bond motifs is 1. The van der Waals surface area contributed by atoms with Crippen molar-refractivity contribution in [1.82, 2.24) is 4.98 Å². The lowest BCUT2D eigenvalue weighted by Gasteiger charge is -2.38. The van der Waals surface area contributed by atoms with Gasteiger partial charge in [0.2, 0.25) is 0 Å². The SMILES string of the molecule is CC[Si](CC)(CC)OC[C@H](COC(c1ccccc1)(c1ccccc1)c1ccccc1)c1ccnc2ccccc12. The maximum atomic E-state index is 7.33. The number of aromatic nitrogens is 1. The monoisotopic (exact) mass is 559 g/mol. The molecule has 0 bridgehead atoms. The van der Waals surface area contributed by atoms with Gasteiger partial charge in [0.05, 0.1) is 12.1 Å². The topological polar surface area (TPSA) is 31.4 Å². The van der Waals surface area contributed by atoms with E-state index in [0.29, 0.717) is 13.2 Å². The fourth-order valence-electron chi connectivity index (χ4n) is 6.03. The van der Waals surface area contributed by atoms with Crippen molar-refractivity contribution in [3.63, 3.8) is 0 Å². The molecule has 0 unspecified atom stereocenters. The Morgan fingerprint density at radius 2 is 1.10 bits per heavy atom. The van der Waals surface area contributed by atoms with Crippen molar-refractivity contribution >= 4 is 19.2 Å². The van der Waals surface area contributed by atoms with Gasteiger partial charge in [0.15, 0.2) is 8.32 Å². The van der Waals surface area contributed by atoms with Gasteiger partial charge in [-0.3, -0.25) is 4.98 Å². The number of para-hydroxylation sites is 1. The molecule has 1 heterocycles. The molecule has 0 saturated carbocycles. The lowest BCUT2D eigenvalue weighted by atomic mass is 9.80. The van der Waals surface area contributed by atoms with Crippen LogP contribution in [0.2, 0.25) is 18.1 Å². The third-order valence-electron chi connectivity index (χ3n) is 8.69. The first-order chi connectivity index (χ1) is 20.2. The Kier molecular flexibility index (Phi) is 9.45. The number of hydrogen-bond donors (Lipinski definition) is 0. The van der Waals surface area contributed by atoms with Gasteiger partial charge in [-0.2, -0.15) is 0 Å². The van der Waals surface area contributed by atoms with Crippen LogP contribution in [0.25, 0.3) is 10.9 Å². The van der Waals surface area contributed by atoms with E-state index in [2.05, 4.69) is 147 Å². The highest BCUT2D eigenvalue weighted by Gasteiger charge is 2.39. The molecule has 210 valence electrons. The molecule has 5 rings (SSSR count). The minimum atomic E-state index is -1.82. The Bertz CT molecular complexity index is 1390. The van der Waals surface area contributed by atoms with E-state index >= 15 is 0 Å². The summed E-state index contributed by atoms with van der Waals surface area (Å²) in [5, 5.41) is 1.16. The fraction of sp³-hybridized carbons (Fsp3) is 0.270.